The molecule has 1 aliphatic rings. The summed E-state index contributed by atoms with van der Waals surface area (Å²) in [5.41, 5.74) is 1.22. The third kappa shape index (κ3) is 2.19. The van der Waals surface area contributed by atoms with Crippen molar-refractivity contribution in [3.05, 3.63) is 17.7 Å². The first-order chi connectivity index (χ1) is 8.66. The van der Waals surface area contributed by atoms with Crippen LogP contribution in [0.2, 0.25) is 0 Å². The molecule has 100 valence electrons. The quantitative estimate of drug-likeness (QED) is 0.850. The summed E-state index contributed by atoms with van der Waals surface area (Å²) in [6.45, 7) is 3.31. The first kappa shape index (κ1) is 13.6. The molecule has 0 bridgehead atoms. The maximum Gasteiger partial charge on any atom is 0.133 e. The van der Waals surface area contributed by atoms with E-state index in [1.54, 1.807) is 26.0 Å². The van der Waals surface area contributed by atoms with Crippen LogP contribution >= 0.6 is 11.8 Å². The molecule has 0 aromatic heterocycles. The summed E-state index contributed by atoms with van der Waals surface area (Å²) in [5.74, 6) is 1.87. The Balaban J connectivity index is 2.60. The van der Waals surface area contributed by atoms with Crippen molar-refractivity contribution in [2.24, 2.45) is 0 Å². The van der Waals surface area contributed by atoms with E-state index in [-0.39, 0.29) is 5.54 Å². The average Bonchev–Trinajstić information content (AvgIpc) is 2.84. The summed E-state index contributed by atoms with van der Waals surface area (Å²) in [4.78, 5) is 1.17. The molecule has 0 saturated carbocycles. The predicted octanol–water partition coefficient (Wildman–Crippen LogP) is 3.02. The molecule has 1 N–H and O–H groups in total. The van der Waals surface area contributed by atoms with Gasteiger partial charge in [-0.2, -0.15) is 0 Å². The van der Waals surface area contributed by atoms with Crippen molar-refractivity contribution in [1.29, 1.82) is 0 Å². The first-order valence-corrected chi connectivity index (χ1v) is 7.43. The molecule has 0 radical (unpaired) electrons. The van der Waals surface area contributed by atoms with Gasteiger partial charge in [0.25, 0.3) is 0 Å². The van der Waals surface area contributed by atoms with Crippen molar-refractivity contribution < 1.29 is 9.47 Å². The zero-order chi connectivity index (χ0) is 13.2. The highest BCUT2D eigenvalue weighted by Crippen LogP contribution is 2.45. The number of methoxy groups -OCH3 is 2. The minimum Gasteiger partial charge on any atom is -0.496 e. The third-order valence-electron chi connectivity index (χ3n) is 3.65. The Kier molecular flexibility index (Phi) is 4.07. The average molecular weight is 267 g/mol. The fourth-order valence-electron chi connectivity index (χ4n) is 2.71. The van der Waals surface area contributed by atoms with Crippen LogP contribution in [0.5, 0.6) is 11.5 Å². The summed E-state index contributed by atoms with van der Waals surface area (Å²) in [6, 6.07) is 3.98. The van der Waals surface area contributed by atoms with Crippen molar-refractivity contribution in [2.45, 2.75) is 30.2 Å². The zero-order valence-corrected chi connectivity index (χ0v) is 12.3. The van der Waals surface area contributed by atoms with Gasteiger partial charge in [-0.15, -0.1) is 11.8 Å². The molecule has 1 fully saturated rings. The van der Waals surface area contributed by atoms with Gasteiger partial charge in [0.05, 0.1) is 19.1 Å². The molecule has 4 heteroatoms. The Labute approximate surface area is 113 Å². The maximum atomic E-state index is 5.56. The molecule has 1 saturated heterocycles. The highest BCUT2D eigenvalue weighted by molar-refractivity contribution is 7.98. The van der Waals surface area contributed by atoms with Gasteiger partial charge in [0.1, 0.15) is 11.5 Å². The molecule has 1 aromatic rings. The van der Waals surface area contributed by atoms with Crippen LogP contribution in [-0.2, 0) is 5.54 Å². The van der Waals surface area contributed by atoms with Gasteiger partial charge < -0.3 is 14.8 Å². The van der Waals surface area contributed by atoms with Crippen LogP contribution < -0.4 is 14.8 Å². The molecule has 0 aliphatic carbocycles. The molecule has 1 atom stereocenters. The molecule has 1 unspecified atom stereocenters. The Bertz CT molecular complexity index is 428. The zero-order valence-electron chi connectivity index (χ0n) is 11.5. The third-order valence-corrected chi connectivity index (χ3v) is 4.46. The molecule has 18 heavy (non-hydrogen) atoms. The summed E-state index contributed by atoms with van der Waals surface area (Å²) in [5, 5.41) is 3.60. The van der Waals surface area contributed by atoms with E-state index in [9.17, 15) is 0 Å². The number of hydrogen-bond donors (Lipinski definition) is 1. The molecule has 0 spiro atoms. The van der Waals surface area contributed by atoms with Crippen molar-refractivity contribution >= 4 is 11.8 Å². The lowest BCUT2D eigenvalue weighted by molar-refractivity contribution is 0.353. The molecular formula is C14H21NO2S. The number of nitrogens with one attached hydrogen (secondary N) is 1. The smallest absolute Gasteiger partial charge is 0.133 e. The summed E-state index contributed by atoms with van der Waals surface area (Å²) in [6.07, 6.45) is 4.41. The van der Waals surface area contributed by atoms with Crippen LogP contribution in [0, 0.1) is 0 Å². The van der Waals surface area contributed by atoms with Gasteiger partial charge in [-0.25, -0.2) is 0 Å². The molecular weight excluding hydrogens is 246 g/mol. The lowest BCUT2D eigenvalue weighted by Gasteiger charge is -2.30. The number of benzene rings is 1. The van der Waals surface area contributed by atoms with Gasteiger partial charge in [-0.1, -0.05) is 0 Å². The SMILES string of the molecule is COc1ccc(OC)c(C2(C)CCCN2)c1SC. The number of hydrogen-bond acceptors (Lipinski definition) is 4. The molecule has 1 aromatic carbocycles. The minimum absolute atomic E-state index is 0.0156. The van der Waals surface area contributed by atoms with E-state index >= 15 is 0 Å². The standard InChI is InChI=1S/C14H21NO2S/c1-14(8-5-9-15-14)12-10(16-2)6-7-11(17-3)13(12)18-4/h6-7,15H,5,8-9H2,1-4H3. The van der Waals surface area contributed by atoms with E-state index in [4.69, 9.17) is 9.47 Å². The van der Waals surface area contributed by atoms with E-state index < -0.39 is 0 Å². The highest BCUT2D eigenvalue weighted by atomic mass is 32.2. The predicted molar refractivity (Wildman–Crippen MR) is 75.9 cm³/mol. The Morgan fingerprint density at radius 1 is 1.22 bits per heavy atom. The number of thioether (sulfide) groups is 1. The maximum absolute atomic E-state index is 5.56. The van der Waals surface area contributed by atoms with Crippen molar-refractivity contribution in [3.63, 3.8) is 0 Å². The Morgan fingerprint density at radius 2 is 1.89 bits per heavy atom. The normalized spacial score (nSPS) is 23.1. The summed E-state index contributed by atoms with van der Waals surface area (Å²) < 4.78 is 11.0. The van der Waals surface area contributed by atoms with Crippen molar-refractivity contribution in [1.82, 2.24) is 5.32 Å². The largest absolute Gasteiger partial charge is 0.496 e. The summed E-state index contributed by atoms with van der Waals surface area (Å²) >= 11 is 1.72. The summed E-state index contributed by atoms with van der Waals surface area (Å²) in [7, 11) is 3.45. The Morgan fingerprint density at radius 3 is 2.39 bits per heavy atom. The molecule has 1 aliphatic heterocycles. The lowest BCUT2D eigenvalue weighted by atomic mass is 9.89. The van der Waals surface area contributed by atoms with E-state index in [0.717, 1.165) is 24.5 Å². The highest BCUT2D eigenvalue weighted by Gasteiger charge is 2.35. The van der Waals surface area contributed by atoms with Crippen LogP contribution in [0.3, 0.4) is 0 Å². The second-order valence-corrected chi connectivity index (χ2v) is 5.56. The van der Waals surface area contributed by atoms with Crippen LogP contribution in [0.4, 0.5) is 0 Å². The van der Waals surface area contributed by atoms with Crippen molar-refractivity contribution in [2.75, 3.05) is 27.0 Å². The van der Waals surface area contributed by atoms with Crippen LogP contribution in [0.15, 0.2) is 17.0 Å². The van der Waals surface area contributed by atoms with E-state index in [2.05, 4.69) is 18.5 Å². The van der Waals surface area contributed by atoms with Crippen LogP contribution in [0.1, 0.15) is 25.3 Å². The molecule has 0 amide bonds. The van der Waals surface area contributed by atoms with Gasteiger partial charge in [0.2, 0.25) is 0 Å². The number of ether oxygens (including phenoxy) is 2. The molecule has 2 rings (SSSR count). The lowest BCUT2D eigenvalue weighted by Crippen LogP contribution is -2.34. The van der Waals surface area contributed by atoms with E-state index in [1.807, 2.05) is 12.1 Å². The van der Waals surface area contributed by atoms with Gasteiger partial charge in [-0.3, -0.25) is 0 Å². The van der Waals surface area contributed by atoms with Gasteiger partial charge in [0, 0.05) is 11.1 Å². The van der Waals surface area contributed by atoms with Gasteiger partial charge >= 0.3 is 0 Å². The molecule has 1 heterocycles. The van der Waals surface area contributed by atoms with Crippen molar-refractivity contribution in [3.8, 4) is 11.5 Å². The second kappa shape index (κ2) is 5.41. The van der Waals surface area contributed by atoms with E-state index in [0.29, 0.717) is 0 Å². The first-order valence-electron chi connectivity index (χ1n) is 6.20. The fourth-order valence-corrected chi connectivity index (χ4v) is 3.59. The Hall–Kier alpha value is -0.870. The van der Waals surface area contributed by atoms with Gasteiger partial charge in [-0.05, 0) is 44.7 Å². The van der Waals surface area contributed by atoms with Crippen LogP contribution in [0.25, 0.3) is 0 Å². The van der Waals surface area contributed by atoms with Gasteiger partial charge in [0.15, 0.2) is 0 Å². The minimum atomic E-state index is -0.0156. The molecule has 3 nitrogen and oxygen atoms in total. The topological polar surface area (TPSA) is 30.5 Å². The van der Waals surface area contributed by atoms with Crippen LogP contribution in [-0.4, -0.2) is 27.0 Å². The second-order valence-electron chi connectivity index (χ2n) is 4.74. The monoisotopic (exact) mass is 267 g/mol. The fraction of sp³-hybridized carbons (Fsp3) is 0.571. The number of rotatable bonds is 4. The van der Waals surface area contributed by atoms with E-state index in [1.165, 1.54) is 16.9 Å².